The summed E-state index contributed by atoms with van der Waals surface area (Å²) in [7, 11) is 2.01. The van der Waals surface area contributed by atoms with Gasteiger partial charge in [-0.1, -0.05) is 13.3 Å². The number of unbranched alkanes of at least 4 members (excludes halogenated alkanes) is 1. The van der Waals surface area contributed by atoms with Crippen molar-refractivity contribution >= 4 is 21.8 Å². The lowest BCUT2D eigenvalue weighted by molar-refractivity contribution is -0.280. The Kier molecular flexibility index (Phi) is 6.29. The third-order valence-corrected chi connectivity index (χ3v) is 2.56. The number of hydrogen-bond donors (Lipinski definition) is 0. The van der Waals surface area contributed by atoms with Crippen LogP contribution in [0.4, 0.5) is 0 Å². The van der Waals surface area contributed by atoms with Gasteiger partial charge in [-0.05, 0) is 17.2 Å². The van der Waals surface area contributed by atoms with Gasteiger partial charge in [0, 0.05) is 5.75 Å². The van der Waals surface area contributed by atoms with Gasteiger partial charge in [0.05, 0.1) is 0 Å². The first-order chi connectivity index (χ1) is 4.27. The van der Waals surface area contributed by atoms with E-state index in [0.717, 1.165) is 18.6 Å². The minimum atomic E-state index is -0.375. The normalized spacial score (nSPS) is 9.44. The topological polar surface area (TPSA) is 43.1 Å². The minimum absolute atomic E-state index is 0.375. The summed E-state index contributed by atoms with van der Waals surface area (Å²) in [4.78, 5) is 9.71. The molecule has 0 aliphatic carbocycles. The minimum Gasteiger partial charge on any atom is -0.250 e. The van der Waals surface area contributed by atoms with E-state index in [2.05, 4.69) is 6.92 Å². The van der Waals surface area contributed by atoms with Crippen molar-refractivity contribution in [1.29, 1.82) is 0 Å². The summed E-state index contributed by atoms with van der Waals surface area (Å²) >= 11 is 0. The maximum Gasteiger partial charge on any atom is 0.300 e. The third kappa shape index (κ3) is 8.10. The molecule has 0 aromatic carbocycles. The zero-order valence-electron chi connectivity index (χ0n) is 5.20. The molecule has 0 saturated heterocycles. The fraction of sp³-hybridized carbons (Fsp3) is 1.00. The average molecular weight is 167 g/mol. The summed E-state index contributed by atoms with van der Waals surface area (Å²) < 4.78 is -0.375. The number of rotatable bonds is 5. The molecule has 3 nitrogen and oxygen atoms in total. The Morgan fingerprint density at radius 3 is 2.78 bits per heavy atom. The summed E-state index contributed by atoms with van der Waals surface area (Å²) in [5, 5.41) is 9.71. The second-order valence-electron chi connectivity index (χ2n) is 1.47. The van der Waals surface area contributed by atoms with E-state index >= 15 is 0 Å². The van der Waals surface area contributed by atoms with Crippen LogP contribution in [0.25, 0.3) is 0 Å². The van der Waals surface area contributed by atoms with Crippen molar-refractivity contribution in [3.8, 4) is 0 Å². The Bertz CT molecular complexity index is 88.6. The molecule has 0 fully saturated rings. The van der Waals surface area contributed by atoms with Gasteiger partial charge in [-0.25, -0.2) is 10.1 Å². The predicted octanol–water partition coefficient (Wildman–Crippen LogP) is 2.36. The van der Waals surface area contributed by atoms with E-state index in [-0.39, 0.29) is 4.33 Å². The van der Waals surface area contributed by atoms with Crippen LogP contribution in [0.5, 0.6) is 0 Å². The van der Waals surface area contributed by atoms with Crippen molar-refractivity contribution in [2.24, 2.45) is 0 Å². The van der Waals surface area contributed by atoms with Gasteiger partial charge in [0.15, 0.2) is 0 Å². The van der Waals surface area contributed by atoms with Crippen LogP contribution in [0.3, 0.4) is 0 Å². The summed E-state index contributed by atoms with van der Waals surface area (Å²) in [6.45, 7) is 2.07. The van der Waals surface area contributed by atoms with Crippen molar-refractivity contribution in [2.45, 2.75) is 19.8 Å². The molecule has 54 valence electrons. The van der Waals surface area contributed by atoms with Gasteiger partial charge in [0.2, 0.25) is 0 Å². The molecule has 0 aromatic rings. The van der Waals surface area contributed by atoms with Crippen molar-refractivity contribution in [3.05, 3.63) is 10.1 Å². The Labute approximate surface area is 62.3 Å². The van der Waals surface area contributed by atoms with Crippen LogP contribution in [0.15, 0.2) is 0 Å². The predicted molar refractivity (Wildman–Crippen MR) is 42.0 cm³/mol. The van der Waals surface area contributed by atoms with E-state index < -0.39 is 0 Å². The van der Waals surface area contributed by atoms with Crippen molar-refractivity contribution in [3.63, 3.8) is 0 Å². The quantitative estimate of drug-likeness (QED) is 0.207. The lowest BCUT2D eigenvalue weighted by Crippen LogP contribution is -1.79. The van der Waals surface area contributed by atoms with Gasteiger partial charge in [0.1, 0.15) is 4.33 Å². The van der Waals surface area contributed by atoms with Crippen LogP contribution in [0, 0.1) is 10.1 Å². The molecular weight excluding hydrogens is 158 g/mol. The first-order valence-corrected chi connectivity index (χ1v) is 4.99. The average Bonchev–Trinajstić information content (AvgIpc) is 1.80. The molecule has 0 atom stereocenters. The molecule has 0 rings (SSSR count). The molecule has 0 heterocycles. The molecule has 0 aliphatic rings. The fourth-order valence-electron chi connectivity index (χ4n) is 0.284. The molecule has 0 aliphatic heterocycles. The third-order valence-electron chi connectivity index (χ3n) is 0.695. The van der Waals surface area contributed by atoms with E-state index in [4.69, 9.17) is 0 Å². The number of nitrogens with zero attached hydrogens (tertiary/aromatic N) is 1. The van der Waals surface area contributed by atoms with Gasteiger partial charge < -0.3 is 0 Å². The highest BCUT2D eigenvalue weighted by Gasteiger charge is 1.98. The van der Waals surface area contributed by atoms with Gasteiger partial charge in [0.25, 0.3) is 11.0 Å². The fourth-order valence-corrected chi connectivity index (χ4v) is 1.69. The van der Waals surface area contributed by atoms with Crippen LogP contribution in [0.1, 0.15) is 19.8 Å². The van der Waals surface area contributed by atoms with Gasteiger partial charge in [-0.3, -0.25) is 0 Å². The molecule has 0 radical (unpaired) electrons. The zero-order valence-corrected chi connectivity index (χ0v) is 6.83. The molecule has 9 heavy (non-hydrogen) atoms. The molecule has 0 N–H and O–H groups in total. The highest BCUT2D eigenvalue weighted by molar-refractivity contribution is 8.74. The van der Waals surface area contributed by atoms with Crippen molar-refractivity contribution in [1.82, 2.24) is 0 Å². The van der Waals surface area contributed by atoms with Crippen LogP contribution in [-0.2, 0) is 0 Å². The molecule has 0 unspecified atom stereocenters. The SMILES string of the molecule is CCCCSS[N+](=O)[O-]. The monoisotopic (exact) mass is 167 g/mol. The van der Waals surface area contributed by atoms with E-state index in [1.54, 1.807) is 0 Å². The zero-order chi connectivity index (χ0) is 7.11. The molecular formula is C4H9NO2S2. The molecule has 5 heteroatoms. The standard InChI is InChI=1S/C4H9NO2S2/c1-2-3-4-8-9-5(6)7/h2-4H2,1H3. The lowest BCUT2D eigenvalue weighted by Gasteiger charge is -1.88. The molecule has 0 saturated carbocycles. The summed E-state index contributed by atoms with van der Waals surface area (Å²) in [6.07, 6.45) is 2.16. The van der Waals surface area contributed by atoms with E-state index in [1.165, 1.54) is 10.8 Å². The smallest absolute Gasteiger partial charge is 0.250 e. The van der Waals surface area contributed by atoms with Crippen LogP contribution in [-0.4, -0.2) is 10.1 Å². The Morgan fingerprint density at radius 1 is 1.67 bits per heavy atom. The maximum absolute atomic E-state index is 9.71. The van der Waals surface area contributed by atoms with Gasteiger partial charge in [-0.15, -0.1) is 0 Å². The highest BCUT2D eigenvalue weighted by Crippen LogP contribution is 2.21. The summed E-state index contributed by atoms with van der Waals surface area (Å²) in [5.41, 5.74) is 0. The highest BCUT2D eigenvalue weighted by atomic mass is 33.1. The maximum atomic E-state index is 9.71. The van der Waals surface area contributed by atoms with Crippen LogP contribution < -0.4 is 0 Å². The van der Waals surface area contributed by atoms with Gasteiger partial charge >= 0.3 is 0 Å². The first kappa shape index (κ1) is 9.10. The lowest BCUT2D eigenvalue weighted by atomic mass is 10.4. The Hall–Kier alpha value is 0.1000. The summed E-state index contributed by atoms with van der Waals surface area (Å²) in [5.74, 6) is 0.877. The number of hydrogen-bond acceptors (Lipinski definition) is 4. The Balaban J connectivity index is 2.83. The first-order valence-electron chi connectivity index (χ1n) is 2.71. The van der Waals surface area contributed by atoms with E-state index in [0.29, 0.717) is 11.0 Å². The van der Waals surface area contributed by atoms with Crippen molar-refractivity contribution < 1.29 is 4.33 Å². The largest absolute Gasteiger partial charge is 0.300 e. The van der Waals surface area contributed by atoms with E-state index in [9.17, 15) is 10.1 Å². The second kappa shape index (κ2) is 6.22. The molecule has 0 amide bonds. The van der Waals surface area contributed by atoms with Crippen molar-refractivity contribution in [2.75, 3.05) is 5.75 Å². The summed E-state index contributed by atoms with van der Waals surface area (Å²) in [6, 6.07) is 0. The molecule has 0 bridgehead atoms. The number of nitro groups is 1. The molecule has 0 aromatic heterocycles. The second-order valence-corrected chi connectivity index (χ2v) is 3.72. The Morgan fingerprint density at radius 2 is 2.33 bits per heavy atom. The van der Waals surface area contributed by atoms with E-state index in [1.807, 2.05) is 0 Å². The van der Waals surface area contributed by atoms with Crippen LogP contribution >= 0.6 is 21.8 Å². The van der Waals surface area contributed by atoms with Gasteiger partial charge in [-0.2, -0.15) is 0 Å². The molecule has 0 spiro atoms. The van der Waals surface area contributed by atoms with Crippen LogP contribution in [0.2, 0.25) is 0 Å².